The van der Waals surface area contributed by atoms with Crippen molar-refractivity contribution in [3.05, 3.63) is 53.6 Å². The molecule has 0 aromatic heterocycles. The topological polar surface area (TPSA) is 100 Å². The first-order valence-electron chi connectivity index (χ1n) is 8.85. The first kappa shape index (κ1) is 21.7. The molecule has 8 nitrogen and oxygen atoms in total. The fraction of sp³-hybridized carbons (Fsp3) is 0.286. The first-order valence-corrected chi connectivity index (χ1v) is 8.85. The Labute approximate surface area is 168 Å². The highest BCUT2D eigenvalue weighted by Crippen LogP contribution is 2.23. The van der Waals surface area contributed by atoms with Crippen LogP contribution in [0, 0.1) is 0 Å². The van der Waals surface area contributed by atoms with Gasteiger partial charge in [0.1, 0.15) is 11.5 Å². The van der Waals surface area contributed by atoms with E-state index >= 15 is 0 Å². The summed E-state index contributed by atoms with van der Waals surface area (Å²) in [6.45, 7) is 1.79. The van der Waals surface area contributed by atoms with E-state index in [1.54, 1.807) is 31.2 Å². The Morgan fingerprint density at radius 3 is 2.24 bits per heavy atom. The van der Waals surface area contributed by atoms with Gasteiger partial charge in [-0.15, -0.1) is 0 Å². The summed E-state index contributed by atoms with van der Waals surface area (Å²) < 4.78 is 20.3. The molecular formula is C21H23NO7. The van der Waals surface area contributed by atoms with Crippen LogP contribution in [-0.4, -0.2) is 45.3 Å². The number of esters is 2. The van der Waals surface area contributed by atoms with Crippen molar-refractivity contribution < 1.29 is 33.3 Å². The van der Waals surface area contributed by atoms with Gasteiger partial charge in [-0.1, -0.05) is 13.0 Å². The van der Waals surface area contributed by atoms with Crippen LogP contribution in [0.5, 0.6) is 11.5 Å². The van der Waals surface area contributed by atoms with Crippen molar-refractivity contribution in [2.75, 3.05) is 26.6 Å². The number of ether oxygens (including phenoxy) is 4. The Bertz CT molecular complexity index is 894. The Kier molecular flexibility index (Phi) is 7.59. The molecule has 0 saturated carbocycles. The van der Waals surface area contributed by atoms with E-state index < -0.39 is 23.9 Å². The largest absolute Gasteiger partial charge is 0.497 e. The molecule has 2 aromatic rings. The molecule has 0 aliphatic rings. The van der Waals surface area contributed by atoms with Gasteiger partial charge >= 0.3 is 11.9 Å². The summed E-state index contributed by atoms with van der Waals surface area (Å²) in [5.74, 6) is -0.683. The van der Waals surface area contributed by atoms with E-state index in [1.165, 1.54) is 39.5 Å². The van der Waals surface area contributed by atoms with E-state index in [0.29, 0.717) is 17.9 Å². The van der Waals surface area contributed by atoms with Gasteiger partial charge in [-0.3, -0.25) is 4.79 Å². The minimum atomic E-state index is -0.839. The molecule has 0 saturated heterocycles. The van der Waals surface area contributed by atoms with Crippen LogP contribution >= 0.6 is 0 Å². The summed E-state index contributed by atoms with van der Waals surface area (Å²) in [6, 6.07) is 11.0. The van der Waals surface area contributed by atoms with Crippen molar-refractivity contribution in [2.45, 2.75) is 19.4 Å². The number of amides is 1. The molecule has 2 aromatic carbocycles. The quantitative estimate of drug-likeness (QED) is 0.679. The molecule has 1 amide bonds. The number of hydrogen-bond acceptors (Lipinski definition) is 7. The lowest BCUT2D eigenvalue weighted by Gasteiger charge is -2.19. The zero-order chi connectivity index (χ0) is 21.4. The molecule has 0 spiro atoms. The summed E-state index contributed by atoms with van der Waals surface area (Å²) in [4.78, 5) is 36.6. The van der Waals surface area contributed by atoms with Crippen LogP contribution < -0.4 is 14.8 Å². The van der Waals surface area contributed by atoms with Crippen LogP contribution in [0.15, 0.2) is 42.5 Å². The highest BCUT2D eigenvalue weighted by molar-refractivity contribution is 6.04. The van der Waals surface area contributed by atoms with Gasteiger partial charge < -0.3 is 24.3 Å². The van der Waals surface area contributed by atoms with Gasteiger partial charge in [-0.2, -0.15) is 0 Å². The molecule has 0 fully saturated rings. The second-order valence-corrected chi connectivity index (χ2v) is 5.93. The van der Waals surface area contributed by atoms with E-state index in [-0.39, 0.29) is 16.8 Å². The fourth-order valence-electron chi connectivity index (χ4n) is 2.55. The maximum Gasteiger partial charge on any atom is 0.339 e. The zero-order valence-electron chi connectivity index (χ0n) is 16.7. The zero-order valence-corrected chi connectivity index (χ0v) is 16.7. The molecule has 29 heavy (non-hydrogen) atoms. The van der Waals surface area contributed by atoms with Crippen LogP contribution in [0.1, 0.15) is 34.1 Å². The van der Waals surface area contributed by atoms with Gasteiger partial charge in [0.15, 0.2) is 6.10 Å². The first-order chi connectivity index (χ1) is 13.9. The summed E-state index contributed by atoms with van der Waals surface area (Å²) in [7, 11) is 4.00. The SMILES string of the molecule is CC[C@H](Oc1cccc(OC)c1)C(=O)Nc1cc(C(=O)OC)ccc1C(=O)OC. The summed E-state index contributed by atoms with van der Waals surface area (Å²) in [6.07, 6.45) is -0.470. The Balaban J connectivity index is 2.27. The lowest BCUT2D eigenvalue weighted by molar-refractivity contribution is -0.122. The number of carbonyl (C=O) groups is 3. The van der Waals surface area contributed by atoms with E-state index in [9.17, 15) is 14.4 Å². The molecule has 0 radical (unpaired) electrons. The average Bonchev–Trinajstić information content (AvgIpc) is 2.76. The molecule has 0 aliphatic heterocycles. The average molecular weight is 401 g/mol. The van der Waals surface area contributed by atoms with E-state index in [4.69, 9.17) is 14.2 Å². The third-order valence-corrected chi connectivity index (χ3v) is 4.09. The highest BCUT2D eigenvalue weighted by atomic mass is 16.5. The van der Waals surface area contributed by atoms with Crippen molar-refractivity contribution in [2.24, 2.45) is 0 Å². The molecule has 154 valence electrons. The molecule has 0 aliphatic carbocycles. The van der Waals surface area contributed by atoms with Crippen molar-refractivity contribution in [3.63, 3.8) is 0 Å². The maximum atomic E-state index is 12.8. The lowest BCUT2D eigenvalue weighted by Crippen LogP contribution is -2.33. The van der Waals surface area contributed by atoms with Gasteiger partial charge in [0.2, 0.25) is 0 Å². The molecular weight excluding hydrogens is 378 g/mol. The van der Waals surface area contributed by atoms with E-state index in [1.807, 2.05) is 0 Å². The highest BCUT2D eigenvalue weighted by Gasteiger charge is 2.23. The van der Waals surface area contributed by atoms with Crippen LogP contribution in [-0.2, 0) is 14.3 Å². The van der Waals surface area contributed by atoms with E-state index in [2.05, 4.69) is 10.1 Å². The molecule has 8 heteroatoms. The standard InChI is InChI=1S/C21H23NO7/c1-5-18(29-15-8-6-7-14(12-15)26-2)19(23)22-17-11-13(20(24)27-3)9-10-16(17)21(25)28-4/h6-12,18H,5H2,1-4H3,(H,22,23)/t18-/m0/s1. The van der Waals surface area contributed by atoms with Gasteiger partial charge in [0.05, 0.1) is 38.1 Å². The van der Waals surface area contributed by atoms with Gasteiger partial charge in [0, 0.05) is 6.07 Å². The molecule has 1 N–H and O–H groups in total. The van der Waals surface area contributed by atoms with Crippen LogP contribution in [0.2, 0.25) is 0 Å². The molecule has 0 heterocycles. The van der Waals surface area contributed by atoms with Gasteiger partial charge in [-0.05, 0) is 36.8 Å². The van der Waals surface area contributed by atoms with Crippen molar-refractivity contribution in [3.8, 4) is 11.5 Å². The predicted molar refractivity (Wildman–Crippen MR) is 105 cm³/mol. The van der Waals surface area contributed by atoms with Crippen LogP contribution in [0.25, 0.3) is 0 Å². The Hall–Kier alpha value is -3.55. The Morgan fingerprint density at radius 2 is 1.62 bits per heavy atom. The van der Waals surface area contributed by atoms with Crippen molar-refractivity contribution >= 4 is 23.5 Å². The Morgan fingerprint density at radius 1 is 0.931 bits per heavy atom. The third-order valence-electron chi connectivity index (χ3n) is 4.09. The predicted octanol–water partition coefficient (Wildman–Crippen LogP) is 3.06. The van der Waals surface area contributed by atoms with E-state index in [0.717, 1.165) is 0 Å². The fourth-order valence-corrected chi connectivity index (χ4v) is 2.55. The second kappa shape index (κ2) is 10.1. The molecule has 0 unspecified atom stereocenters. The van der Waals surface area contributed by atoms with Crippen molar-refractivity contribution in [1.29, 1.82) is 0 Å². The summed E-state index contributed by atoms with van der Waals surface area (Å²) >= 11 is 0. The molecule has 0 bridgehead atoms. The number of rotatable bonds is 8. The summed E-state index contributed by atoms with van der Waals surface area (Å²) in [5, 5.41) is 2.64. The second-order valence-electron chi connectivity index (χ2n) is 5.93. The number of anilines is 1. The number of hydrogen-bond donors (Lipinski definition) is 1. The maximum absolute atomic E-state index is 12.8. The number of methoxy groups -OCH3 is 3. The minimum absolute atomic E-state index is 0.102. The molecule has 2 rings (SSSR count). The third kappa shape index (κ3) is 5.47. The smallest absolute Gasteiger partial charge is 0.339 e. The number of benzene rings is 2. The minimum Gasteiger partial charge on any atom is -0.497 e. The normalized spacial score (nSPS) is 11.2. The van der Waals surface area contributed by atoms with Crippen LogP contribution in [0.3, 0.4) is 0 Å². The lowest BCUT2D eigenvalue weighted by atomic mass is 10.1. The van der Waals surface area contributed by atoms with Gasteiger partial charge in [0.25, 0.3) is 5.91 Å². The monoisotopic (exact) mass is 401 g/mol. The number of nitrogens with one attached hydrogen (secondary N) is 1. The number of carbonyl (C=O) groups excluding carboxylic acids is 3. The van der Waals surface area contributed by atoms with Crippen LogP contribution in [0.4, 0.5) is 5.69 Å². The van der Waals surface area contributed by atoms with Crippen molar-refractivity contribution in [1.82, 2.24) is 0 Å². The van der Waals surface area contributed by atoms with Gasteiger partial charge in [-0.25, -0.2) is 9.59 Å². The molecule has 1 atom stereocenters. The summed E-state index contributed by atoms with van der Waals surface area (Å²) in [5.41, 5.74) is 0.402.